The van der Waals surface area contributed by atoms with Crippen LogP contribution in [0, 0.1) is 0 Å². The molecule has 0 atom stereocenters. The lowest BCUT2D eigenvalue weighted by Gasteiger charge is -1.91. The molecule has 11 heavy (non-hydrogen) atoms. The fourth-order valence-corrected chi connectivity index (χ4v) is 0.532. The number of hydrogen-bond donors (Lipinski definition) is 1. The summed E-state index contributed by atoms with van der Waals surface area (Å²) >= 11 is 0. The van der Waals surface area contributed by atoms with Crippen LogP contribution in [-0.2, 0) is 16.0 Å². The van der Waals surface area contributed by atoms with Crippen LogP contribution >= 0.6 is 0 Å². The van der Waals surface area contributed by atoms with Crippen molar-refractivity contribution in [3.8, 4) is 0 Å². The molecule has 0 amide bonds. The summed E-state index contributed by atoms with van der Waals surface area (Å²) in [5, 5.41) is 5.42. The highest BCUT2D eigenvalue weighted by molar-refractivity contribution is 5.70. The fraction of sp³-hybridized carbons (Fsp3) is 0.400. The van der Waals surface area contributed by atoms with Crippen LogP contribution in [-0.4, -0.2) is 23.3 Å². The highest BCUT2D eigenvalue weighted by atomic mass is 16.5. The zero-order valence-electron chi connectivity index (χ0n) is 5.79. The smallest absolute Gasteiger partial charge is 0.434 e. The molecule has 0 fully saturated rings. The molecule has 6 nitrogen and oxygen atoms in total. The van der Waals surface area contributed by atoms with Gasteiger partial charge in [-0.25, -0.2) is 9.89 Å². The Kier molecular flexibility index (Phi) is 2.05. The minimum absolute atomic E-state index is 0.0295. The second-order valence-corrected chi connectivity index (χ2v) is 1.76. The maximum atomic E-state index is 10.6. The lowest BCUT2D eigenvalue weighted by molar-refractivity contribution is -0.140. The van der Waals surface area contributed by atoms with Gasteiger partial charge in [-0.15, -0.1) is 5.10 Å². The number of rotatable bonds is 2. The lowest BCUT2D eigenvalue weighted by Crippen LogP contribution is -2.04. The molecule has 0 aliphatic rings. The fourth-order valence-electron chi connectivity index (χ4n) is 0.532. The van der Waals surface area contributed by atoms with E-state index >= 15 is 0 Å². The van der Waals surface area contributed by atoms with Crippen molar-refractivity contribution < 1.29 is 13.9 Å². The van der Waals surface area contributed by atoms with Gasteiger partial charge in [-0.05, 0) is 0 Å². The number of methoxy groups -OCH3 is 1. The third-order valence-corrected chi connectivity index (χ3v) is 1.01. The quantitative estimate of drug-likeness (QED) is 0.562. The first-order chi connectivity index (χ1) is 5.22. The normalized spacial score (nSPS) is 9.55. The molecule has 0 bridgehead atoms. The third kappa shape index (κ3) is 1.92. The molecule has 0 aliphatic heterocycles. The summed E-state index contributed by atoms with van der Waals surface area (Å²) in [4.78, 5) is 20.9. The molecule has 1 heterocycles. The van der Waals surface area contributed by atoms with Crippen molar-refractivity contribution >= 4 is 5.97 Å². The molecule has 1 N–H and O–H groups in total. The molecule has 0 spiro atoms. The Morgan fingerprint density at radius 3 is 3.00 bits per heavy atom. The summed E-state index contributed by atoms with van der Waals surface area (Å²) in [6.07, 6.45) is -0.130. The Hall–Kier alpha value is -1.59. The standard InChI is InChI=1S/C5H6N2O4/c1-10-4(8)2-3-6-7-5(9)11-3/h2H2,1H3,(H,7,9). The summed E-state index contributed by atoms with van der Waals surface area (Å²) < 4.78 is 8.74. The molecular weight excluding hydrogens is 152 g/mol. The number of H-pyrrole nitrogens is 1. The number of carbonyl (C=O) groups excluding carboxylic acids is 1. The third-order valence-electron chi connectivity index (χ3n) is 1.01. The van der Waals surface area contributed by atoms with Gasteiger partial charge in [0.15, 0.2) is 0 Å². The van der Waals surface area contributed by atoms with Gasteiger partial charge >= 0.3 is 11.7 Å². The Morgan fingerprint density at radius 1 is 1.82 bits per heavy atom. The Bertz CT molecular complexity index is 299. The van der Waals surface area contributed by atoms with E-state index in [1.165, 1.54) is 7.11 Å². The first-order valence-corrected chi connectivity index (χ1v) is 2.83. The van der Waals surface area contributed by atoms with E-state index in [1.807, 2.05) is 5.10 Å². The molecule has 0 aromatic carbocycles. The molecule has 0 aliphatic carbocycles. The molecule has 0 unspecified atom stereocenters. The molecule has 1 aromatic heterocycles. The predicted molar refractivity (Wildman–Crippen MR) is 32.8 cm³/mol. The van der Waals surface area contributed by atoms with E-state index in [1.54, 1.807) is 0 Å². The van der Waals surface area contributed by atoms with Crippen LogP contribution in [0.15, 0.2) is 9.21 Å². The molecule has 6 heteroatoms. The maximum Gasteiger partial charge on any atom is 0.434 e. The van der Waals surface area contributed by atoms with Gasteiger partial charge in [-0.3, -0.25) is 4.79 Å². The van der Waals surface area contributed by atoms with Crippen molar-refractivity contribution in [1.82, 2.24) is 10.2 Å². The second-order valence-electron chi connectivity index (χ2n) is 1.76. The van der Waals surface area contributed by atoms with Crippen molar-refractivity contribution in [2.75, 3.05) is 7.11 Å². The van der Waals surface area contributed by atoms with E-state index in [4.69, 9.17) is 0 Å². The molecule has 0 saturated heterocycles. The summed E-state index contributed by atoms with van der Waals surface area (Å²) in [7, 11) is 1.24. The Labute approximate surface area is 61.2 Å². The van der Waals surface area contributed by atoms with Gasteiger partial charge in [-0.2, -0.15) is 0 Å². The number of aromatic nitrogens is 2. The maximum absolute atomic E-state index is 10.6. The zero-order valence-corrected chi connectivity index (χ0v) is 5.79. The number of hydrogen-bond acceptors (Lipinski definition) is 5. The van der Waals surface area contributed by atoms with Gasteiger partial charge in [0.2, 0.25) is 5.89 Å². The number of ether oxygens (including phenoxy) is 1. The minimum atomic E-state index is -0.677. The van der Waals surface area contributed by atoms with Gasteiger partial charge in [0.25, 0.3) is 0 Å². The van der Waals surface area contributed by atoms with Crippen molar-refractivity contribution in [2.24, 2.45) is 0 Å². The first kappa shape index (κ1) is 7.52. The second kappa shape index (κ2) is 3.00. The van der Waals surface area contributed by atoms with E-state index in [0.29, 0.717) is 0 Å². The van der Waals surface area contributed by atoms with E-state index in [-0.39, 0.29) is 12.3 Å². The predicted octanol–water partition coefficient (Wildman–Crippen LogP) is -0.922. The lowest BCUT2D eigenvalue weighted by atomic mass is 10.4. The van der Waals surface area contributed by atoms with Gasteiger partial charge in [0.05, 0.1) is 7.11 Å². The van der Waals surface area contributed by atoms with Crippen molar-refractivity contribution in [3.63, 3.8) is 0 Å². The first-order valence-electron chi connectivity index (χ1n) is 2.83. The van der Waals surface area contributed by atoms with Crippen LogP contribution in [0.25, 0.3) is 0 Å². The zero-order chi connectivity index (χ0) is 8.27. The van der Waals surface area contributed by atoms with Gasteiger partial charge in [0, 0.05) is 0 Å². The SMILES string of the molecule is COC(=O)Cc1n[nH]c(=O)o1. The van der Waals surface area contributed by atoms with E-state index in [2.05, 4.69) is 14.3 Å². The van der Waals surface area contributed by atoms with Crippen molar-refractivity contribution in [1.29, 1.82) is 0 Å². The highest BCUT2D eigenvalue weighted by Gasteiger charge is 2.07. The van der Waals surface area contributed by atoms with Gasteiger partial charge in [0.1, 0.15) is 6.42 Å². The molecule has 1 rings (SSSR count). The van der Waals surface area contributed by atoms with Crippen LogP contribution in [0.5, 0.6) is 0 Å². The number of nitrogens with one attached hydrogen (secondary N) is 1. The summed E-state index contributed by atoms with van der Waals surface area (Å²) in [6.45, 7) is 0. The number of aromatic amines is 1. The monoisotopic (exact) mass is 158 g/mol. The molecular formula is C5H6N2O4. The van der Waals surface area contributed by atoms with E-state index < -0.39 is 11.7 Å². The van der Waals surface area contributed by atoms with E-state index in [9.17, 15) is 9.59 Å². The molecule has 0 saturated carbocycles. The van der Waals surface area contributed by atoms with Crippen molar-refractivity contribution in [3.05, 3.63) is 16.4 Å². The average Bonchev–Trinajstić information content (AvgIpc) is 2.35. The average molecular weight is 158 g/mol. The van der Waals surface area contributed by atoms with Crippen LogP contribution < -0.4 is 5.76 Å². The molecule has 0 radical (unpaired) electrons. The molecule has 1 aromatic rings. The van der Waals surface area contributed by atoms with Crippen LogP contribution in [0.2, 0.25) is 0 Å². The largest absolute Gasteiger partial charge is 0.469 e. The number of nitrogens with zero attached hydrogens (tertiary/aromatic N) is 1. The molecule has 60 valence electrons. The van der Waals surface area contributed by atoms with Crippen LogP contribution in [0.4, 0.5) is 0 Å². The topological polar surface area (TPSA) is 85.2 Å². The summed E-state index contributed by atoms with van der Waals surface area (Å²) in [5.41, 5.74) is 0. The number of esters is 1. The Morgan fingerprint density at radius 2 is 2.55 bits per heavy atom. The Balaban J connectivity index is 2.65. The van der Waals surface area contributed by atoms with Crippen molar-refractivity contribution in [2.45, 2.75) is 6.42 Å². The van der Waals surface area contributed by atoms with Crippen LogP contribution in [0.1, 0.15) is 5.89 Å². The highest BCUT2D eigenvalue weighted by Crippen LogP contribution is 1.90. The summed E-state index contributed by atoms with van der Waals surface area (Å²) in [5.74, 6) is -1.15. The van der Waals surface area contributed by atoms with Gasteiger partial charge in [-0.1, -0.05) is 0 Å². The van der Waals surface area contributed by atoms with Crippen LogP contribution in [0.3, 0.4) is 0 Å². The number of carbonyl (C=O) groups is 1. The van der Waals surface area contributed by atoms with Gasteiger partial charge < -0.3 is 9.15 Å². The summed E-state index contributed by atoms with van der Waals surface area (Å²) in [6, 6.07) is 0. The minimum Gasteiger partial charge on any atom is -0.469 e. The van der Waals surface area contributed by atoms with E-state index in [0.717, 1.165) is 0 Å².